The Hall–Kier alpha value is -2.60. The quantitative estimate of drug-likeness (QED) is 0.881. The number of benzene rings is 1. The predicted molar refractivity (Wildman–Crippen MR) is 91.3 cm³/mol. The van der Waals surface area contributed by atoms with E-state index in [1.807, 2.05) is 12.1 Å². The number of methoxy groups -OCH3 is 1. The number of hydrogen-bond donors (Lipinski definition) is 2. The first kappa shape index (κ1) is 16.3. The zero-order valence-corrected chi connectivity index (χ0v) is 13.6. The Morgan fingerprint density at radius 2 is 1.79 bits per heavy atom. The van der Waals surface area contributed by atoms with Gasteiger partial charge in [0.15, 0.2) is 0 Å². The molecule has 1 amide bonds. The van der Waals surface area contributed by atoms with Gasteiger partial charge in [-0.05, 0) is 43.2 Å². The second-order valence-corrected chi connectivity index (χ2v) is 5.98. The number of rotatable bonds is 5. The van der Waals surface area contributed by atoms with Gasteiger partial charge in [-0.15, -0.1) is 0 Å². The number of hydrogen-bond acceptors (Lipinski definition) is 5. The van der Waals surface area contributed by atoms with E-state index in [0.717, 1.165) is 31.4 Å². The Labute approximate surface area is 141 Å². The number of pyridine rings is 1. The number of carbonyl (C=O) groups is 1. The number of nitrogens with two attached hydrogens (primary N) is 1. The molecule has 1 heterocycles. The number of nitrogens with zero attached hydrogens (tertiary/aromatic N) is 1. The van der Waals surface area contributed by atoms with Gasteiger partial charge in [0.1, 0.15) is 11.5 Å². The molecule has 0 saturated heterocycles. The van der Waals surface area contributed by atoms with Crippen LogP contribution in [0.4, 0.5) is 5.69 Å². The van der Waals surface area contributed by atoms with E-state index in [1.165, 1.54) is 0 Å². The molecule has 0 spiro atoms. The largest absolute Gasteiger partial charge is 0.497 e. The van der Waals surface area contributed by atoms with Gasteiger partial charge in [-0.1, -0.05) is 12.8 Å². The molecule has 0 aliphatic heterocycles. The maximum atomic E-state index is 12.3. The Balaban J connectivity index is 1.61. The molecule has 1 aliphatic rings. The van der Waals surface area contributed by atoms with Crippen molar-refractivity contribution >= 4 is 11.6 Å². The molecule has 1 aromatic carbocycles. The van der Waals surface area contributed by atoms with Crippen LogP contribution in [-0.2, 0) is 4.79 Å². The summed E-state index contributed by atoms with van der Waals surface area (Å²) in [7, 11) is 1.61. The second-order valence-electron chi connectivity index (χ2n) is 5.98. The average molecular weight is 327 g/mol. The van der Waals surface area contributed by atoms with E-state index in [1.54, 1.807) is 37.6 Å². The molecule has 1 saturated carbocycles. The van der Waals surface area contributed by atoms with Crippen LogP contribution in [0.15, 0.2) is 42.6 Å². The fraction of sp³-hybridized carbons (Fsp3) is 0.333. The number of aromatic nitrogens is 1. The first-order valence-corrected chi connectivity index (χ1v) is 7.97. The van der Waals surface area contributed by atoms with Gasteiger partial charge in [-0.25, -0.2) is 4.98 Å². The van der Waals surface area contributed by atoms with Gasteiger partial charge in [0.25, 0.3) is 0 Å². The van der Waals surface area contributed by atoms with Gasteiger partial charge in [-0.3, -0.25) is 4.79 Å². The van der Waals surface area contributed by atoms with E-state index in [4.69, 9.17) is 15.2 Å². The van der Waals surface area contributed by atoms with Crippen LogP contribution < -0.4 is 20.5 Å². The van der Waals surface area contributed by atoms with Crippen LogP contribution in [0, 0.1) is 0 Å². The highest BCUT2D eigenvalue weighted by molar-refractivity contribution is 5.98. The lowest BCUT2D eigenvalue weighted by molar-refractivity contribution is -0.121. The minimum absolute atomic E-state index is 0.148. The van der Waals surface area contributed by atoms with Crippen molar-refractivity contribution in [1.29, 1.82) is 0 Å². The molecule has 0 bridgehead atoms. The molecule has 0 unspecified atom stereocenters. The van der Waals surface area contributed by atoms with Crippen molar-refractivity contribution in [1.82, 2.24) is 4.98 Å². The molecule has 0 atom stereocenters. The van der Waals surface area contributed by atoms with Crippen LogP contribution in [0.5, 0.6) is 17.4 Å². The highest BCUT2D eigenvalue weighted by atomic mass is 16.5. The average Bonchev–Trinajstić information content (AvgIpc) is 3.05. The lowest BCUT2D eigenvalue weighted by atomic mass is 9.98. The minimum atomic E-state index is -0.752. The molecule has 126 valence electrons. The lowest BCUT2D eigenvalue weighted by Gasteiger charge is -2.22. The summed E-state index contributed by atoms with van der Waals surface area (Å²) in [6.45, 7) is 0. The normalized spacial score (nSPS) is 15.8. The summed E-state index contributed by atoms with van der Waals surface area (Å²) >= 11 is 0. The SMILES string of the molecule is COc1ccc(Oc2ccc(NC(=O)C3(N)CCCC3)cn2)cc1. The van der Waals surface area contributed by atoms with Gasteiger partial charge in [-0.2, -0.15) is 0 Å². The van der Waals surface area contributed by atoms with E-state index in [2.05, 4.69) is 10.3 Å². The van der Waals surface area contributed by atoms with Crippen molar-refractivity contribution in [3.05, 3.63) is 42.6 Å². The number of ether oxygens (including phenoxy) is 2. The highest BCUT2D eigenvalue weighted by Gasteiger charge is 2.36. The van der Waals surface area contributed by atoms with Crippen molar-refractivity contribution in [3.8, 4) is 17.4 Å². The summed E-state index contributed by atoms with van der Waals surface area (Å²) in [5.74, 6) is 1.72. The third kappa shape index (κ3) is 3.65. The van der Waals surface area contributed by atoms with E-state index >= 15 is 0 Å². The Morgan fingerprint density at radius 1 is 1.12 bits per heavy atom. The molecule has 0 radical (unpaired) electrons. The Morgan fingerprint density at radius 3 is 2.38 bits per heavy atom. The molecule has 1 aromatic heterocycles. The summed E-state index contributed by atoms with van der Waals surface area (Å²) < 4.78 is 10.8. The number of anilines is 1. The molecule has 24 heavy (non-hydrogen) atoms. The first-order chi connectivity index (χ1) is 11.6. The van der Waals surface area contributed by atoms with Gasteiger partial charge in [0.05, 0.1) is 24.5 Å². The fourth-order valence-corrected chi connectivity index (χ4v) is 2.77. The smallest absolute Gasteiger partial charge is 0.244 e. The van der Waals surface area contributed by atoms with Crippen molar-refractivity contribution < 1.29 is 14.3 Å². The summed E-state index contributed by atoms with van der Waals surface area (Å²) in [4.78, 5) is 16.5. The fourth-order valence-electron chi connectivity index (χ4n) is 2.77. The maximum Gasteiger partial charge on any atom is 0.244 e. The van der Waals surface area contributed by atoms with E-state index in [9.17, 15) is 4.79 Å². The van der Waals surface area contributed by atoms with E-state index < -0.39 is 5.54 Å². The molecule has 6 heteroatoms. The Kier molecular flexibility index (Phi) is 4.66. The van der Waals surface area contributed by atoms with Crippen LogP contribution >= 0.6 is 0 Å². The predicted octanol–water partition coefficient (Wildman–Crippen LogP) is 3.09. The lowest BCUT2D eigenvalue weighted by Crippen LogP contribution is -2.48. The standard InChI is InChI=1S/C18H21N3O3/c1-23-14-5-7-15(8-6-14)24-16-9-4-13(12-20-16)21-17(22)18(19)10-2-3-11-18/h4-9,12H,2-3,10-11,19H2,1H3,(H,21,22). The van der Waals surface area contributed by atoms with Crippen LogP contribution in [0.25, 0.3) is 0 Å². The molecule has 2 aromatic rings. The summed E-state index contributed by atoms with van der Waals surface area (Å²) in [6, 6.07) is 10.7. The molecule has 1 aliphatic carbocycles. The molecule has 6 nitrogen and oxygen atoms in total. The van der Waals surface area contributed by atoms with Gasteiger partial charge in [0.2, 0.25) is 11.8 Å². The second kappa shape index (κ2) is 6.88. The molecule has 1 fully saturated rings. The maximum absolute atomic E-state index is 12.3. The third-order valence-electron chi connectivity index (χ3n) is 4.22. The number of amides is 1. The molecule has 3 N–H and O–H groups in total. The minimum Gasteiger partial charge on any atom is -0.497 e. The molecule has 3 rings (SSSR count). The highest BCUT2D eigenvalue weighted by Crippen LogP contribution is 2.29. The van der Waals surface area contributed by atoms with Crippen molar-refractivity contribution in [3.63, 3.8) is 0 Å². The summed E-state index contributed by atoms with van der Waals surface area (Å²) in [5.41, 5.74) is 6.00. The van der Waals surface area contributed by atoms with Gasteiger partial charge in [0, 0.05) is 6.07 Å². The van der Waals surface area contributed by atoms with Crippen LogP contribution in [-0.4, -0.2) is 23.5 Å². The third-order valence-corrected chi connectivity index (χ3v) is 4.22. The zero-order valence-electron chi connectivity index (χ0n) is 13.6. The first-order valence-electron chi connectivity index (χ1n) is 7.97. The monoisotopic (exact) mass is 327 g/mol. The van der Waals surface area contributed by atoms with E-state index in [0.29, 0.717) is 17.3 Å². The summed E-state index contributed by atoms with van der Waals surface area (Å²) in [6.07, 6.45) is 5.01. The molecular formula is C18H21N3O3. The van der Waals surface area contributed by atoms with Gasteiger partial charge < -0.3 is 20.5 Å². The summed E-state index contributed by atoms with van der Waals surface area (Å²) in [5, 5.41) is 2.83. The van der Waals surface area contributed by atoms with Crippen molar-refractivity contribution in [2.75, 3.05) is 12.4 Å². The van der Waals surface area contributed by atoms with Crippen LogP contribution in [0.1, 0.15) is 25.7 Å². The number of nitrogens with one attached hydrogen (secondary N) is 1. The van der Waals surface area contributed by atoms with Gasteiger partial charge >= 0.3 is 0 Å². The topological polar surface area (TPSA) is 86.5 Å². The van der Waals surface area contributed by atoms with Crippen LogP contribution in [0.2, 0.25) is 0 Å². The number of carbonyl (C=O) groups excluding carboxylic acids is 1. The zero-order chi connectivity index (χ0) is 17.0. The van der Waals surface area contributed by atoms with E-state index in [-0.39, 0.29) is 5.91 Å². The Bertz CT molecular complexity index is 692. The van der Waals surface area contributed by atoms with Crippen molar-refractivity contribution in [2.24, 2.45) is 5.73 Å². The van der Waals surface area contributed by atoms with Crippen LogP contribution in [0.3, 0.4) is 0 Å². The molecular weight excluding hydrogens is 306 g/mol. The van der Waals surface area contributed by atoms with Crippen molar-refractivity contribution in [2.45, 2.75) is 31.2 Å².